The smallest absolute Gasteiger partial charge is 0.303 e. The largest absolute Gasteiger partial charge is 0.481 e. The van der Waals surface area contributed by atoms with Crippen LogP contribution in [-0.2, 0) is 9.59 Å². The van der Waals surface area contributed by atoms with Crippen LogP contribution in [-0.4, -0.2) is 16.9 Å². The number of unbranched alkanes of at least 4 members (excludes halogenated alkanes) is 6. The first kappa shape index (κ1) is 15.9. The molecular weight excluding hydrogens is 216 g/mol. The molecule has 0 aromatic rings. The second-order valence-electron chi connectivity index (χ2n) is 4.38. The molecule has 0 unspecified atom stereocenters. The lowest BCUT2D eigenvalue weighted by Crippen LogP contribution is -2.02. The van der Waals surface area contributed by atoms with Crippen molar-refractivity contribution in [3.63, 3.8) is 0 Å². The lowest BCUT2D eigenvalue weighted by atomic mass is 10.0. The van der Waals surface area contributed by atoms with Crippen molar-refractivity contribution in [2.24, 2.45) is 0 Å². The van der Waals surface area contributed by atoms with E-state index in [9.17, 15) is 9.59 Å². The van der Waals surface area contributed by atoms with Gasteiger partial charge in [0, 0.05) is 12.8 Å². The van der Waals surface area contributed by atoms with Gasteiger partial charge in [0.05, 0.1) is 6.42 Å². The summed E-state index contributed by atoms with van der Waals surface area (Å²) in [5.74, 6) is -0.806. The molecule has 0 radical (unpaired) electrons. The van der Waals surface area contributed by atoms with E-state index in [1.165, 1.54) is 25.7 Å². The second-order valence-corrected chi connectivity index (χ2v) is 4.38. The highest BCUT2D eigenvalue weighted by Gasteiger charge is 2.04. The summed E-state index contributed by atoms with van der Waals surface area (Å²) in [4.78, 5) is 21.5. The minimum atomic E-state index is -0.888. The lowest BCUT2D eigenvalue weighted by molar-refractivity contribution is -0.138. The second kappa shape index (κ2) is 11.4. The summed E-state index contributed by atoms with van der Waals surface area (Å²) >= 11 is 0. The summed E-state index contributed by atoms with van der Waals surface area (Å²) in [6.45, 7) is 3.68. The monoisotopic (exact) mass is 240 g/mol. The van der Waals surface area contributed by atoms with E-state index in [1.54, 1.807) is 0 Å². The molecule has 3 heteroatoms. The molecule has 0 spiro atoms. The van der Waals surface area contributed by atoms with Crippen molar-refractivity contribution in [3.8, 4) is 0 Å². The van der Waals surface area contributed by atoms with E-state index in [0.29, 0.717) is 6.42 Å². The molecule has 0 aliphatic carbocycles. The van der Waals surface area contributed by atoms with Gasteiger partial charge in [0.25, 0.3) is 0 Å². The molecular formula is C14H24O3. The molecule has 1 N–H and O–H groups in total. The molecule has 0 aliphatic rings. The third-order valence-corrected chi connectivity index (χ3v) is 2.73. The molecule has 17 heavy (non-hydrogen) atoms. The molecule has 0 aromatic carbocycles. The van der Waals surface area contributed by atoms with E-state index in [1.807, 2.05) is 6.08 Å². The van der Waals surface area contributed by atoms with Crippen LogP contribution in [0.15, 0.2) is 12.7 Å². The Kier molecular flexibility index (Phi) is 10.6. The number of Topliss-reactive ketones (excluding diaryl/α,β-unsaturated/α-hetero) is 1. The van der Waals surface area contributed by atoms with Crippen molar-refractivity contribution in [1.29, 1.82) is 0 Å². The maximum absolute atomic E-state index is 11.2. The lowest BCUT2D eigenvalue weighted by Gasteiger charge is -2.01. The van der Waals surface area contributed by atoms with Crippen LogP contribution in [0.25, 0.3) is 0 Å². The molecule has 0 fully saturated rings. The summed E-state index contributed by atoms with van der Waals surface area (Å²) in [5.41, 5.74) is 0. The Morgan fingerprint density at radius 3 is 2.06 bits per heavy atom. The molecule has 0 bridgehead atoms. The van der Waals surface area contributed by atoms with Crippen LogP contribution in [0.1, 0.15) is 64.2 Å². The van der Waals surface area contributed by atoms with E-state index in [-0.39, 0.29) is 18.6 Å². The Hall–Kier alpha value is -1.12. The van der Waals surface area contributed by atoms with Crippen LogP contribution in [0.4, 0.5) is 0 Å². The van der Waals surface area contributed by atoms with Crippen molar-refractivity contribution in [3.05, 3.63) is 12.7 Å². The topological polar surface area (TPSA) is 54.4 Å². The van der Waals surface area contributed by atoms with Gasteiger partial charge >= 0.3 is 5.97 Å². The van der Waals surface area contributed by atoms with Gasteiger partial charge in [-0.3, -0.25) is 9.59 Å². The zero-order valence-electron chi connectivity index (χ0n) is 10.6. The minimum absolute atomic E-state index is 0.0274. The fourth-order valence-corrected chi connectivity index (χ4v) is 1.69. The minimum Gasteiger partial charge on any atom is -0.481 e. The summed E-state index contributed by atoms with van der Waals surface area (Å²) < 4.78 is 0. The highest BCUT2D eigenvalue weighted by molar-refractivity contribution is 5.82. The van der Waals surface area contributed by atoms with Gasteiger partial charge in [-0.15, -0.1) is 6.58 Å². The fraction of sp³-hybridized carbons (Fsp3) is 0.714. The Balaban J connectivity index is 3.19. The van der Waals surface area contributed by atoms with Gasteiger partial charge in [-0.05, 0) is 19.3 Å². The number of hydrogen-bond donors (Lipinski definition) is 1. The van der Waals surface area contributed by atoms with Crippen molar-refractivity contribution in [2.75, 3.05) is 0 Å². The molecule has 0 atom stereocenters. The number of hydrogen-bond acceptors (Lipinski definition) is 2. The van der Waals surface area contributed by atoms with Gasteiger partial charge in [0.2, 0.25) is 0 Å². The normalized spacial score (nSPS) is 10.1. The predicted octanol–water partition coefficient (Wildman–Crippen LogP) is 3.73. The number of aliphatic carboxylic acids is 1. The van der Waals surface area contributed by atoms with E-state index < -0.39 is 5.97 Å². The summed E-state index contributed by atoms with van der Waals surface area (Å²) in [6.07, 6.45) is 10.6. The number of ketones is 1. The van der Waals surface area contributed by atoms with E-state index in [0.717, 1.165) is 19.3 Å². The number of carbonyl (C=O) groups is 2. The Labute approximate surface area is 104 Å². The molecule has 98 valence electrons. The van der Waals surface area contributed by atoms with Crippen molar-refractivity contribution in [1.82, 2.24) is 0 Å². The van der Waals surface area contributed by atoms with Gasteiger partial charge in [-0.25, -0.2) is 0 Å². The number of carboxylic acids is 1. The van der Waals surface area contributed by atoms with Gasteiger partial charge in [-0.1, -0.05) is 31.8 Å². The van der Waals surface area contributed by atoms with Gasteiger partial charge in [0.1, 0.15) is 5.78 Å². The highest BCUT2D eigenvalue weighted by Crippen LogP contribution is 2.09. The van der Waals surface area contributed by atoms with Crippen molar-refractivity contribution < 1.29 is 14.7 Å². The van der Waals surface area contributed by atoms with Crippen molar-refractivity contribution in [2.45, 2.75) is 64.2 Å². The number of carbonyl (C=O) groups excluding carboxylic acids is 1. The quantitative estimate of drug-likeness (QED) is 0.418. The molecule has 0 saturated heterocycles. The molecule has 0 amide bonds. The van der Waals surface area contributed by atoms with E-state index in [2.05, 4.69) is 6.58 Å². The predicted molar refractivity (Wildman–Crippen MR) is 69.0 cm³/mol. The Morgan fingerprint density at radius 2 is 1.47 bits per heavy atom. The van der Waals surface area contributed by atoms with Crippen LogP contribution in [0.2, 0.25) is 0 Å². The average molecular weight is 240 g/mol. The third kappa shape index (κ3) is 12.8. The van der Waals surface area contributed by atoms with Gasteiger partial charge in [0.15, 0.2) is 0 Å². The summed E-state index contributed by atoms with van der Waals surface area (Å²) in [7, 11) is 0. The van der Waals surface area contributed by atoms with Crippen LogP contribution in [0.5, 0.6) is 0 Å². The average Bonchev–Trinajstić information content (AvgIpc) is 2.30. The zero-order chi connectivity index (χ0) is 12.9. The highest BCUT2D eigenvalue weighted by atomic mass is 16.4. The molecule has 0 rings (SSSR count). The molecule has 0 aliphatic heterocycles. The number of allylic oxidation sites excluding steroid dienone is 1. The number of rotatable bonds is 12. The van der Waals surface area contributed by atoms with E-state index in [4.69, 9.17) is 5.11 Å². The molecule has 0 saturated carbocycles. The fourth-order valence-electron chi connectivity index (χ4n) is 1.69. The maximum Gasteiger partial charge on any atom is 0.303 e. The first-order chi connectivity index (χ1) is 8.16. The Morgan fingerprint density at radius 1 is 0.882 bits per heavy atom. The van der Waals surface area contributed by atoms with E-state index >= 15 is 0 Å². The van der Waals surface area contributed by atoms with Gasteiger partial charge < -0.3 is 5.11 Å². The SMILES string of the molecule is C=CCCCCCCCCC(=O)CCC(=O)O. The van der Waals surface area contributed by atoms with Crippen LogP contribution in [0.3, 0.4) is 0 Å². The first-order valence-electron chi connectivity index (χ1n) is 6.51. The Bertz CT molecular complexity index is 234. The van der Waals surface area contributed by atoms with Crippen LogP contribution < -0.4 is 0 Å². The summed E-state index contributed by atoms with van der Waals surface area (Å²) in [6, 6.07) is 0. The third-order valence-electron chi connectivity index (χ3n) is 2.73. The maximum atomic E-state index is 11.2. The van der Waals surface area contributed by atoms with Crippen LogP contribution in [0, 0.1) is 0 Å². The molecule has 0 heterocycles. The summed E-state index contributed by atoms with van der Waals surface area (Å²) in [5, 5.41) is 8.42. The van der Waals surface area contributed by atoms with Crippen molar-refractivity contribution >= 4 is 11.8 Å². The first-order valence-corrected chi connectivity index (χ1v) is 6.51. The molecule has 0 aromatic heterocycles. The number of carboxylic acid groups (broad SMARTS) is 1. The molecule has 3 nitrogen and oxygen atoms in total. The standard InChI is InChI=1S/C14H24O3/c1-2-3-4-5-6-7-8-9-10-13(15)11-12-14(16)17/h2H,1,3-12H2,(H,16,17). The van der Waals surface area contributed by atoms with Gasteiger partial charge in [-0.2, -0.15) is 0 Å². The zero-order valence-corrected chi connectivity index (χ0v) is 10.6. The van der Waals surface area contributed by atoms with Crippen LogP contribution >= 0.6 is 0 Å².